The van der Waals surface area contributed by atoms with Crippen LogP contribution < -0.4 is 5.32 Å². The summed E-state index contributed by atoms with van der Waals surface area (Å²) < 4.78 is 225. The van der Waals surface area contributed by atoms with Gasteiger partial charge in [-0.25, -0.2) is 0 Å². The molecule has 0 heterocycles. The lowest BCUT2D eigenvalue weighted by Gasteiger charge is -2.40. The van der Waals surface area contributed by atoms with Gasteiger partial charge in [-0.2, -0.15) is 74.6 Å². The first-order chi connectivity index (χ1) is 15.7. The SMILES string of the molecule is O=C(NC1CCCCC1)[C@](F)(OC(F)(F)[C@@](F)(OC(F)(F)C(F)(F)C(F)(F)F)C(F)(F)F)C(F)(F)F. The molecule has 2 atom stereocenters. The molecule has 21 heteroatoms. The molecule has 0 radical (unpaired) electrons. The van der Waals surface area contributed by atoms with Crippen LogP contribution in [-0.2, 0) is 14.3 Å². The summed E-state index contributed by atoms with van der Waals surface area (Å²) >= 11 is 0. The molecule has 1 saturated carbocycles. The van der Waals surface area contributed by atoms with Gasteiger partial charge in [0.2, 0.25) is 0 Å². The smallest absolute Gasteiger partial charge is 0.348 e. The maximum atomic E-state index is 14.4. The minimum absolute atomic E-state index is 0.172. The molecule has 0 bridgehead atoms. The molecule has 0 aromatic carbocycles. The summed E-state index contributed by atoms with van der Waals surface area (Å²) in [6.45, 7) is 0. The van der Waals surface area contributed by atoms with Gasteiger partial charge in [0.1, 0.15) is 0 Å². The molecule has 1 rings (SSSR count). The van der Waals surface area contributed by atoms with Gasteiger partial charge in [-0.3, -0.25) is 14.3 Å². The van der Waals surface area contributed by atoms with E-state index in [-0.39, 0.29) is 25.7 Å². The van der Waals surface area contributed by atoms with Crippen molar-refractivity contribution in [1.82, 2.24) is 5.32 Å². The third kappa shape index (κ3) is 5.85. The lowest BCUT2D eigenvalue weighted by molar-refractivity contribution is -0.548. The van der Waals surface area contributed by atoms with Crippen LogP contribution in [-0.4, -0.2) is 60.3 Å². The second kappa shape index (κ2) is 9.50. The predicted octanol–water partition coefficient (Wildman–Crippen LogP) is 6.31. The molecule has 0 aromatic rings. The zero-order chi connectivity index (χ0) is 28.8. The molecule has 1 fully saturated rings. The average Bonchev–Trinajstić information content (AvgIpc) is 2.65. The Morgan fingerprint density at radius 1 is 0.583 bits per heavy atom. The van der Waals surface area contributed by atoms with E-state index in [1.807, 2.05) is 4.74 Å². The topological polar surface area (TPSA) is 47.6 Å². The molecular weight excluding hydrogens is 565 g/mol. The Labute approximate surface area is 188 Å². The van der Waals surface area contributed by atoms with Crippen molar-refractivity contribution in [2.45, 2.75) is 86.5 Å². The standard InChI is InChI=1S/C15H12F17NO3/c16-8(11(20,21)22,7(34)33-6-4-2-1-3-5-6)35-15(31,32)10(19,13(26,27)28)36-14(29,30)9(17,18)12(23,24)25/h6H,1-5H2,(H,33,34)/t8-,10-/m0/s1. The molecule has 0 spiro atoms. The molecule has 1 aliphatic rings. The third-order valence-corrected chi connectivity index (χ3v) is 4.60. The van der Waals surface area contributed by atoms with Crippen LogP contribution in [0.25, 0.3) is 0 Å². The maximum Gasteiger partial charge on any atom is 0.462 e. The van der Waals surface area contributed by atoms with Crippen LogP contribution in [0.5, 0.6) is 0 Å². The number of carbonyl (C=O) groups is 1. The van der Waals surface area contributed by atoms with E-state index in [0.717, 1.165) is 5.32 Å². The number of ether oxygens (including phenoxy) is 2. The van der Waals surface area contributed by atoms with E-state index in [1.165, 1.54) is 4.74 Å². The predicted molar refractivity (Wildman–Crippen MR) is 77.9 cm³/mol. The quantitative estimate of drug-likeness (QED) is 0.345. The van der Waals surface area contributed by atoms with Gasteiger partial charge in [0.05, 0.1) is 0 Å². The summed E-state index contributed by atoms with van der Waals surface area (Å²) in [6, 6.07) is -1.41. The van der Waals surface area contributed by atoms with Crippen molar-refractivity contribution in [3.05, 3.63) is 0 Å². The molecule has 0 saturated heterocycles. The van der Waals surface area contributed by atoms with E-state index < -0.39 is 60.3 Å². The first-order valence-electron chi connectivity index (χ1n) is 9.09. The van der Waals surface area contributed by atoms with E-state index >= 15 is 0 Å². The van der Waals surface area contributed by atoms with Crippen LogP contribution in [0.3, 0.4) is 0 Å². The molecule has 1 amide bonds. The lowest BCUT2D eigenvalue weighted by Crippen LogP contribution is -2.69. The molecule has 1 aliphatic carbocycles. The van der Waals surface area contributed by atoms with Crippen molar-refractivity contribution in [3.63, 3.8) is 0 Å². The Morgan fingerprint density at radius 2 is 1.03 bits per heavy atom. The Hall–Kier alpha value is -1.80. The second-order valence-electron chi connectivity index (χ2n) is 7.30. The average molecular weight is 577 g/mol. The van der Waals surface area contributed by atoms with E-state index in [9.17, 15) is 79.4 Å². The van der Waals surface area contributed by atoms with Crippen molar-refractivity contribution < 1.29 is 88.9 Å². The summed E-state index contributed by atoms with van der Waals surface area (Å²) in [4.78, 5) is 11.7. The van der Waals surface area contributed by atoms with Crippen LogP contribution in [0.15, 0.2) is 0 Å². The van der Waals surface area contributed by atoms with Gasteiger partial charge >= 0.3 is 48.4 Å². The summed E-state index contributed by atoms with van der Waals surface area (Å²) in [5.41, 5.74) is 0. The summed E-state index contributed by atoms with van der Waals surface area (Å²) in [5.74, 6) is -25.9. The highest BCUT2D eigenvalue weighted by atomic mass is 19.4. The van der Waals surface area contributed by atoms with Gasteiger partial charge in [0, 0.05) is 6.04 Å². The fraction of sp³-hybridized carbons (Fsp3) is 0.933. The van der Waals surface area contributed by atoms with Crippen molar-refractivity contribution in [2.75, 3.05) is 0 Å². The molecule has 36 heavy (non-hydrogen) atoms. The van der Waals surface area contributed by atoms with Gasteiger partial charge in [0.25, 0.3) is 5.91 Å². The second-order valence-corrected chi connectivity index (χ2v) is 7.30. The Morgan fingerprint density at radius 3 is 1.39 bits per heavy atom. The maximum absolute atomic E-state index is 14.4. The lowest BCUT2D eigenvalue weighted by atomic mass is 9.95. The number of alkyl halides is 17. The minimum atomic E-state index is -8.01. The zero-order valence-electron chi connectivity index (χ0n) is 16.8. The summed E-state index contributed by atoms with van der Waals surface area (Å²) in [5, 5.41) is 1.12. The highest BCUT2D eigenvalue weighted by Gasteiger charge is 2.85. The van der Waals surface area contributed by atoms with Gasteiger partial charge in [-0.1, -0.05) is 19.3 Å². The van der Waals surface area contributed by atoms with Gasteiger partial charge in [0.15, 0.2) is 0 Å². The van der Waals surface area contributed by atoms with E-state index in [4.69, 9.17) is 0 Å². The molecular formula is C15H12F17NO3. The highest BCUT2D eigenvalue weighted by Crippen LogP contribution is 2.56. The highest BCUT2D eigenvalue weighted by molar-refractivity contribution is 5.84. The Kier molecular flexibility index (Phi) is 8.50. The first-order valence-corrected chi connectivity index (χ1v) is 9.09. The molecule has 0 unspecified atom stereocenters. The molecule has 0 aromatic heterocycles. The van der Waals surface area contributed by atoms with Crippen LogP contribution in [0, 0.1) is 0 Å². The van der Waals surface area contributed by atoms with E-state index in [2.05, 4.69) is 0 Å². The van der Waals surface area contributed by atoms with Gasteiger partial charge in [-0.15, -0.1) is 0 Å². The number of amides is 1. The van der Waals surface area contributed by atoms with Crippen molar-refractivity contribution >= 4 is 5.91 Å². The van der Waals surface area contributed by atoms with Crippen molar-refractivity contribution in [3.8, 4) is 0 Å². The van der Waals surface area contributed by atoms with Crippen LogP contribution in [0.2, 0.25) is 0 Å². The largest absolute Gasteiger partial charge is 0.462 e. The fourth-order valence-electron chi connectivity index (χ4n) is 2.69. The minimum Gasteiger partial charge on any atom is -0.348 e. The normalized spacial score (nSPS) is 21.0. The number of halogens is 17. The van der Waals surface area contributed by atoms with Crippen molar-refractivity contribution in [1.29, 1.82) is 0 Å². The summed E-state index contributed by atoms with van der Waals surface area (Å²) in [6.07, 6.45) is -38.0. The third-order valence-electron chi connectivity index (χ3n) is 4.60. The Balaban J connectivity index is 3.52. The zero-order valence-corrected chi connectivity index (χ0v) is 16.8. The number of hydrogen-bond acceptors (Lipinski definition) is 3. The molecule has 4 nitrogen and oxygen atoms in total. The number of hydrogen-bond donors (Lipinski definition) is 1. The Bertz CT molecular complexity index is 786. The van der Waals surface area contributed by atoms with E-state index in [0.29, 0.717) is 6.42 Å². The molecule has 214 valence electrons. The van der Waals surface area contributed by atoms with E-state index in [1.54, 1.807) is 0 Å². The number of carbonyl (C=O) groups excluding carboxylic acids is 1. The number of nitrogens with one attached hydrogen (secondary N) is 1. The van der Waals surface area contributed by atoms with Crippen LogP contribution >= 0.6 is 0 Å². The monoisotopic (exact) mass is 577 g/mol. The van der Waals surface area contributed by atoms with Gasteiger partial charge in [-0.05, 0) is 12.8 Å². The van der Waals surface area contributed by atoms with Crippen molar-refractivity contribution in [2.24, 2.45) is 0 Å². The fourth-order valence-corrected chi connectivity index (χ4v) is 2.69. The van der Waals surface area contributed by atoms with Gasteiger partial charge < -0.3 is 5.32 Å². The summed E-state index contributed by atoms with van der Waals surface area (Å²) in [7, 11) is 0. The first kappa shape index (κ1) is 32.2. The molecule has 0 aliphatic heterocycles. The molecule has 1 N–H and O–H groups in total. The van der Waals surface area contributed by atoms with Crippen LogP contribution in [0.1, 0.15) is 32.1 Å². The van der Waals surface area contributed by atoms with Crippen LogP contribution in [0.4, 0.5) is 74.6 Å². The number of rotatable bonds is 8.